The zero-order valence-electron chi connectivity index (χ0n) is 22.1. The number of piperazine rings is 1. The van der Waals surface area contributed by atoms with Crippen molar-refractivity contribution in [3.8, 4) is 28.3 Å². The Balaban J connectivity index is 1.18. The maximum Gasteiger partial charge on any atom is 0.255 e. The molecule has 0 unspecified atom stereocenters. The number of hydrogen-bond acceptors (Lipinski definition) is 6. The van der Waals surface area contributed by atoms with Gasteiger partial charge in [0.15, 0.2) is 0 Å². The zero-order valence-corrected chi connectivity index (χ0v) is 22.8. The first-order valence-corrected chi connectivity index (χ1v) is 13.6. The van der Waals surface area contributed by atoms with Gasteiger partial charge >= 0.3 is 0 Å². The molecule has 0 spiro atoms. The number of likely N-dealkylation sites (N-methyl/N-ethyl adjacent to an activating group) is 1. The molecule has 0 bridgehead atoms. The summed E-state index contributed by atoms with van der Waals surface area (Å²) < 4.78 is 0. The van der Waals surface area contributed by atoms with E-state index >= 15 is 0 Å². The number of aromatic amines is 1. The lowest BCUT2D eigenvalue weighted by molar-refractivity contribution is 0.102. The molecule has 3 aromatic carbocycles. The number of nitrogens with zero attached hydrogens (tertiary/aromatic N) is 4. The highest BCUT2D eigenvalue weighted by Gasteiger charge is 2.16. The topological polar surface area (TPSA) is 97.4 Å². The number of phenolic OH excluding ortho intramolecular Hbond substituents is 1. The summed E-state index contributed by atoms with van der Waals surface area (Å²) in [5, 5.41) is 13.9. The SMILES string of the molecule is CN1CCN(Cc2ccc(NC(=O)c3ccc4nc(-c5cc(-c6cccnc6Cl)ccc5O)[nH]c4c3)cc2)CC1. The van der Waals surface area contributed by atoms with Gasteiger partial charge in [-0.1, -0.05) is 29.8 Å². The summed E-state index contributed by atoms with van der Waals surface area (Å²) in [4.78, 5) is 29.9. The van der Waals surface area contributed by atoms with Gasteiger partial charge in [0, 0.05) is 55.7 Å². The minimum absolute atomic E-state index is 0.0804. The third-order valence-electron chi connectivity index (χ3n) is 7.28. The van der Waals surface area contributed by atoms with Crippen molar-refractivity contribution in [1.82, 2.24) is 24.8 Å². The Hall–Kier alpha value is -4.24. The summed E-state index contributed by atoms with van der Waals surface area (Å²) in [7, 11) is 2.16. The number of aromatic hydroxyl groups is 1. The van der Waals surface area contributed by atoms with Crippen molar-refractivity contribution < 1.29 is 9.90 Å². The van der Waals surface area contributed by atoms with Crippen molar-refractivity contribution in [3.05, 3.63) is 95.3 Å². The van der Waals surface area contributed by atoms with Gasteiger partial charge in [-0.3, -0.25) is 9.69 Å². The Kier molecular flexibility index (Phi) is 7.21. The predicted octanol–water partition coefficient (Wildman–Crippen LogP) is 5.65. The van der Waals surface area contributed by atoms with Crippen LogP contribution in [0.1, 0.15) is 15.9 Å². The van der Waals surface area contributed by atoms with Crippen molar-refractivity contribution in [1.29, 1.82) is 0 Å². The van der Waals surface area contributed by atoms with Crippen molar-refractivity contribution in [3.63, 3.8) is 0 Å². The fourth-order valence-corrected chi connectivity index (χ4v) is 5.16. The summed E-state index contributed by atoms with van der Waals surface area (Å²) in [6.07, 6.45) is 1.63. The van der Waals surface area contributed by atoms with E-state index < -0.39 is 0 Å². The average molecular weight is 553 g/mol. The van der Waals surface area contributed by atoms with E-state index in [1.807, 2.05) is 30.3 Å². The number of imidazole rings is 1. The van der Waals surface area contributed by atoms with E-state index in [1.165, 1.54) is 5.56 Å². The van der Waals surface area contributed by atoms with Gasteiger partial charge in [-0.15, -0.1) is 0 Å². The minimum atomic E-state index is -0.207. The molecule has 1 amide bonds. The number of rotatable bonds is 6. The van der Waals surface area contributed by atoms with Crippen LogP contribution < -0.4 is 5.32 Å². The molecule has 5 aromatic rings. The first kappa shape index (κ1) is 26.0. The van der Waals surface area contributed by atoms with Crippen molar-refractivity contribution in [2.45, 2.75) is 6.54 Å². The molecule has 1 aliphatic rings. The number of phenols is 1. The standard InChI is InChI=1S/C31H29ClN6O2/c1-37-13-15-38(16-14-37)19-20-4-8-23(9-5-20)34-31(40)22-6-10-26-27(18-22)36-30(35-26)25-17-21(7-11-28(25)39)24-3-2-12-33-29(24)32/h2-12,17-18,39H,13-16,19H2,1H3,(H,34,40)(H,35,36). The van der Waals surface area contributed by atoms with Crippen LogP contribution in [0.3, 0.4) is 0 Å². The maximum absolute atomic E-state index is 13.0. The van der Waals surface area contributed by atoms with Crippen molar-refractivity contribution >= 4 is 34.2 Å². The van der Waals surface area contributed by atoms with Gasteiger partial charge in [0.25, 0.3) is 5.91 Å². The molecule has 8 nitrogen and oxygen atoms in total. The van der Waals surface area contributed by atoms with Crippen LogP contribution in [-0.4, -0.2) is 69.0 Å². The molecule has 0 saturated carbocycles. The zero-order chi connectivity index (χ0) is 27.6. The van der Waals surface area contributed by atoms with Crippen LogP contribution in [-0.2, 0) is 6.54 Å². The minimum Gasteiger partial charge on any atom is -0.507 e. The van der Waals surface area contributed by atoms with Crippen LogP contribution in [0.25, 0.3) is 33.5 Å². The van der Waals surface area contributed by atoms with Gasteiger partial charge in [-0.05, 0) is 72.8 Å². The van der Waals surface area contributed by atoms with Crippen LogP contribution in [0.15, 0.2) is 79.0 Å². The monoisotopic (exact) mass is 552 g/mol. The number of H-pyrrole nitrogens is 1. The van der Waals surface area contributed by atoms with E-state index in [9.17, 15) is 9.90 Å². The highest BCUT2D eigenvalue weighted by atomic mass is 35.5. The van der Waals surface area contributed by atoms with Gasteiger partial charge in [-0.25, -0.2) is 9.97 Å². The normalized spacial score (nSPS) is 14.4. The summed E-state index contributed by atoms with van der Waals surface area (Å²) in [6, 6.07) is 22.2. The van der Waals surface area contributed by atoms with Crippen LogP contribution in [0.5, 0.6) is 5.75 Å². The van der Waals surface area contributed by atoms with E-state index in [2.05, 4.69) is 49.2 Å². The highest BCUT2D eigenvalue weighted by molar-refractivity contribution is 6.32. The summed E-state index contributed by atoms with van der Waals surface area (Å²) in [5.74, 6) is 0.362. The molecule has 3 heterocycles. The smallest absolute Gasteiger partial charge is 0.255 e. The molecule has 202 valence electrons. The number of carbonyl (C=O) groups excluding carboxylic acids is 1. The Morgan fingerprint density at radius 2 is 1.80 bits per heavy atom. The largest absolute Gasteiger partial charge is 0.507 e. The molecular weight excluding hydrogens is 524 g/mol. The molecule has 0 atom stereocenters. The molecule has 1 saturated heterocycles. The van der Waals surface area contributed by atoms with Crippen molar-refractivity contribution in [2.75, 3.05) is 38.5 Å². The van der Waals surface area contributed by atoms with Gasteiger partial charge in [0.05, 0.1) is 16.6 Å². The van der Waals surface area contributed by atoms with Gasteiger partial charge < -0.3 is 20.3 Å². The van der Waals surface area contributed by atoms with E-state index in [1.54, 1.807) is 36.5 Å². The molecular formula is C31H29ClN6O2. The van der Waals surface area contributed by atoms with E-state index in [4.69, 9.17) is 11.6 Å². The Labute approximate surface area is 237 Å². The molecule has 40 heavy (non-hydrogen) atoms. The Bertz CT molecular complexity index is 1680. The third kappa shape index (κ3) is 5.56. The second-order valence-corrected chi connectivity index (χ2v) is 10.5. The van der Waals surface area contributed by atoms with Crippen LogP contribution in [0, 0.1) is 0 Å². The first-order valence-electron chi connectivity index (χ1n) is 13.2. The van der Waals surface area contributed by atoms with Gasteiger partial charge in [-0.2, -0.15) is 0 Å². The Morgan fingerprint density at radius 1 is 1.00 bits per heavy atom. The quantitative estimate of drug-likeness (QED) is 0.235. The Morgan fingerprint density at radius 3 is 2.58 bits per heavy atom. The van der Waals surface area contributed by atoms with E-state index in [-0.39, 0.29) is 11.7 Å². The number of amides is 1. The molecule has 2 aromatic heterocycles. The number of anilines is 1. The maximum atomic E-state index is 13.0. The molecule has 1 aliphatic heterocycles. The second kappa shape index (κ2) is 11.1. The number of pyridine rings is 1. The number of benzene rings is 3. The van der Waals surface area contributed by atoms with Crippen molar-refractivity contribution in [2.24, 2.45) is 0 Å². The number of aromatic nitrogens is 3. The first-order chi connectivity index (χ1) is 19.4. The molecule has 1 fully saturated rings. The summed E-state index contributed by atoms with van der Waals surface area (Å²) in [6.45, 7) is 5.22. The van der Waals surface area contributed by atoms with E-state index in [0.717, 1.165) is 49.5 Å². The summed E-state index contributed by atoms with van der Waals surface area (Å²) >= 11 is 6.28. The molecule has 0 radical (unpaired) electrons. The van der Waals surface area contributed by atoms with Gasteiger partial charge in [0.1, 0.15) is 16.7 Å². The molecule has 0 aliphatic carbocycles. The highest BCUT2D eigenvalue weighted by Crippen LogP contribution is 2.35. The molecule has 6 rings (SSSR count). The van der Waals surface area contributed by atoms with Crippen LogP contribution >= 0.6 is 11.6 Å². The second-order valence-electron chi connectivity index (χ2n) is 10.1. The fraction of sp³-hybridized carbons (Fsp3) is 0.194. The number of hydrogen-bond donors (Lipinski definition) is 3. The van der Waals surface area contributed by atoms with Crippen LogP contribution in [0.2, 0.25) is 5.15 Å². The van der Waals surface area contributed by atoms with Crippen LogP contribution in [0.4, 0.5) is 5.69 Å². The third-order valence-corrected chi connectivity index (χ3v) is 7.58. The van der Waals surface area contributed by atoms with Gasteiger partial charge in [0.2, 0.25) is 0 Å². The fourth-order valence-electron chi connectivity index (χ4n) is 4.93. The lowest BCUT2D eigenvalue weighted by atomic mass is 10.0. The van der Waals surface area contributed by atoms with E-state index in [0.29, 0.717) is 33.1 Å². The molecule has 9 heteroatoms. The molecule has 3 N–H and O–H groups in total. The average Bonchev–Trinajstić information content (AvgIpc) is 3.39. The number of nitrogens with one attached hydrogen (secondary N) is 2. The lowest BCUT2D eigenvalue weighted by Crippen LogP contribution is -2.43. The predicted molar refractivity (Wildman–Crippen MR) is 159 cm³/mol. The summed E-state index contributed by atoms with van der Waals surface area (Å²) in [5.41, 5.74) is 5.94. The number of fused-ring (bicyclic) bond motifs is 1. The number of carbonyl (C=O) groups is 1. The lowest BCUT2D eigenvalue weighted by Gasteiger charge is -2.32. The number of halogens is 1.